The summed E-state index contributed by atoms with van der Waals surface area (Å²) in [7, 11) is 1.78. The van der Waals surface area contributed by atoms with Gasteiger partial charge in [-0.05, 0) is 43.7 Å². The Hall–Kier alpha value is -2.25. The van der Waals surface area contributed by atoms with Crippen molar-refractivity contribution in [3.8, 4) is 5.75 Å². The number of hydrogen-bond donors (Lipinski definition) is 2. The molecule has 1 atom stereocenters. The molecule has 7 heteroatoms. The standard InChI is InChI=1S/C18H23FN4O2/c1-20-17-21-9-14(10-22-17)11-23-8-2-7-18(24,12-23)13-25-16-5-3-15(19)4-6-16/h3-6,9-10,24H,2,7-8,11-13H2,1H3,(H,20,21,22). The zero-order valence-corrected chi connectivity index (χ0v) is 14.3. The van der Waals surface area contributed by atoms with Gasteiger partial charge in [0, 0.05) is 38.1 Å². The molecule has 1 aliphatic heterocycles. The Morgan fingerprint density at radius 3 is 2.68 bits per heavy atom. The number of likely N-dealkylation sites (tertiary alicyclic amines) is 1. The van der Waals surface area contributed by atoms with E-state index in [2.05, 4.69) is 20.2 Å². The number of nitrogens with zero attached hydrogens (tertiary/aromatic N) is 3. The van der Waals surface area contributed by atoms with Crippen molar-refractivity contribution in [3.63, 3.8) is 0 Å². The van der Waals surface area contributed by atoms with Crippen molar-refractivity contribution in [3.05, 3.63) is 48.0 Å². The van der Waals surface area contributed by atoms with Gasteiger partial charge < -0.3 is 15.2 Å². The number of rotatable bonds is 6. The van der Waals surface area contributed by atoms with Gasteiger partial charge in [0.2, 0.25) is 5.95 Å². The van der Waals surface area contributed by atoms with E-state index >= 15 is 0 Å². The molecule has 0 radical (unpaired) electrons. The van der Waals surface area contributed by atoms with Gasteiger partial charge in [-0.1, -0.05) is 0 Å². The molecule has 0 amide bonds. The Morgan fingerprint density at radius 1 is 1.28 bits per heavy atom. The molecule has 2 heterocycles. The Morgan fingerprint density at radius 2 is 2.00 bits per heavy atom. The second-order valence-corrected chi connectivity index (χ2v) is 6.45. The highest BCUT2D eigenvalue weighted by Gasteiger charge is 2.34. The molecule has 2 aromatic rings. The van der Waals surface area contributed by atoms with Crippen LogP contribution in [0.3, 0.4) is 0 Å². The molecule has 1 aliphatic rings. The third-order valence-electron chi connectivity index (χ3n) is 4.29. The van der Waals surface area contributed by atoms with Crippen LogP contribution < -0.4 is 10.1 Å². The Bertz CT molecular complexity index is 680. The molecular formula is C18H23FN4O2. The smallest absolute Gasteiger partial charge is 0.222 e. The van der Waals surface area contributed by atoms with Crippen molar-refractivity contribution in [1.82, 2.24) is 14.9 Å². The molecule has 25 heavy (non-hydrogen) atoms. The fourth-order valence-corrected chi connectivity index (χ4v) is 3.03. The monoisotopic (exact) mass is 346 g/mol. The first-order valence-electron chi connectivity index (χ1n) is 8.38. The zero-order valence-electron chi connectivity index (χ0n) is 14.3. The molecule has 2 N–H and O–H groups in total. The minimum absolute atomic E-state index is 0.185. The van der Waals surface area contributed by atoms with Crippen LogP contribution in [0.5, 0.6) is 5.75 Å². The lowest BCUT2D eigenvalue weighted by Crippen LogP contribution is -2.51. The molecule has 0 aliphatic carbocycles. The third kappa shape index (κ3) is 4.87. The van der Waals surface area contributed by atoms with Gasteiger partial charge in [-0.25, -0.2) is 14.4 Å². The van der Waals surface area contributed by atoms with Crippen molar-refractivity contribution in [2.75, 3.05) is 32.1 Å². The maximum atomic E-state index is 12.9. The van der Waals surface area contributed by atoms with E-state index in [-0.39, 0.29) is 12.4 Å². The Labute approximate surface area is 146 Å². The van der Waals surface area contributed by atoms with E-state index in [1.54, 1.807) is 31.6 Å². The number of ether oxygens (including phenoxy) is 1. The number of β-amino-alcohol motifs (C(OH)–C–C–N with tert-alkyl or cyclic N) is 1. The van der Waals surface area contributed by atoms with Crippen LogP contribution in [0.25, 0.3) is 0 Å². The lowest BCUT2D eigenvalue weighted by molar-refractivity contribution is -0.0621. The second-order valence-electron chi connectivity index (χ2n) is 6.45. The Kier molecular flexibility index (Phi) is 5.45. The number of piperidine rings is 1. The summed E-state index contributed by atoms with van der Waals surface area (Å²) in [6, 6.07) is 5.84. The van der Waals surface area contributed by atoms with E-state index in [4.69, 9.17) is 4.74 Å². The van der Waals surface area contributed by atoms with Gasteiger partial charge in [0.1, 0.15) is 23.8 Å². The van der Waals surface area contributed by atoms with Gasteiger partial charge in [0.05, 0.1) is 0 Å². The largest absolute Gasteiger partial charge is 0.491 e. The van der Waals surface area contributed by atoms with Gasteiger partial charge in [0.25, 0.3) is 0 Å². The highest BCUT2D eigenvalue weighted by molar-refractivity contribution is 5.23. The number of benzene rings is 1. The normalized spacial score (nSPS) is 21.1. The van der Waals surface area contributed by atoms with Gasteiger partial charge in [-0.2, -0.15) is 0 Å². The van der Waals surface area contributed by atoms with E-state index in [9.17, 15) is 9.50 Å². The van der Waals surface area contributed by atoms with E-state index < -0.39 is 5.60 Å². The van der Waals surface area contributed by atoms with E-state index in [1.807, 2.05) is 0 Å². The molecule has 1 saturated heterocycles. The molecule has 1 fully saturated rings. The van der Waals surface area contributed by atoms with Crippen LogP contribution in [0, 0.1) is 5.82 Å². The summed E-state index contributed by atoms with van der Waals surface area (Å²) < 4.78 is 18.6. The van der Waals surface area contributed by atoms with Crippen LogP contribution in [-0.2, 0) is 6.54 Å². The third-order valence-corrected chi connectivity index (χ3v) is 4.29. The summed E-state index contributed by atoms with van der Waals surface area (Å²) in [6.07, 6.45) is 5.15. The molecule has 1 aromatic heterocycles. The van der Waals surface area contributed by atoms with Crippen LogP contribution in [0.1, 0.15) is 18.4 Å². The SMILES string of the molecule is CNc1ncc(CN2CCCC(O)(COc3ccc(F)cc3)C2)cn1. The molecule has 3 rings (SSSR count). The lowest BCUT2D eigenvalue weighted by atomic mass is 9.93. The summed E-state index contributed by atoms with van der Waals surface area (Å²) in [4.78, 5) is 10.6. The van der Waals surface area contributed by atoms with Gasteiger partial charge >= 0.3 is 0 Å². The first kappa shape index (κ1) is 17.6. The summed E-state index contributed by atoms with van der Waals surface area (Å²) in [5.41, 5.74) is 0.0843. The molecule has 0 bridgehead atoms. The number of hydrogen-bond acceptors (Lipinski definition) is 6. The quantitative estimate of drug-likeness (QED) is 0.834. The van der Waals surface area contributed by atoms with Gasteiger partial charge in [-0.15, -0.1) is 0 Å². The summed E-state index contributed by atoms with van der Waals surface area (Å²) in [6.45, 7) is 2.29. The average molecular weight is 346 g/mol. The molecule has 0 saturated carbocycles. The van der Waals surface area contributed by atoms with Gasteiger partial charge in [-0.3, -0.25) is 4.90 Å². The van der Waals surface area contributed by atoms with Crippen LogP contribution in [0.2, 0.25) is 0 Å². The van der Waals surface area contributed by atoms with Crippen LogP contribution in [-0.4, -0.2) is 52.3 Å². The lowest BCUT2D eigenvalue weighted by Gasteiger charge is -2.38. The molecular weight excluding hydrogens is 323 g/mol. The maximum absolute atomic E-state index is 12.9. The topological polar surface area (TPSA) is 70.5 Å². The van der Waals surface area contributed by atoms with E-state index in [0.29, 0.717) is 31.2 Å². The summed E-state index contributed by atoms with van der Waals surface area (Å²) >= 11 is 0. The minimum Gasteiger partial charge on any atom is -0.491 e. The number of nitrogens with one attached hydrogen (secondary N) is 1. The predicted molar refractivity (Wildman–Crippen MR) is 92.9 cm³/mol. The van der Waals surface area contributed by atoms with Crippen molar-refractivity contribution in [2.24, 2.45) is 0 Å². The molecule has 1 unspecified atom stereocenters. The number of aliphatic hydroxyl groups is 1. The van der Waals surface area contributed by atoms with Gasteiger partial charge in [0.15, 0.2) is 0 Å². The first-order chi connectivity index (χ1) is 12.1. The molecule has 0 spiro atoms. The zero-order chi connectivity index (χ0) is 17.7. The molecule has 1 aromatic carbocycles. The highest BCUT2D eigenvalue weighted by atomic mass is 19.1. The van der Waals surface area contributed by atoms with Crippen LogP contribution in [0.4, 0.5) is 10.3 Å². The van der Waals surface area contributed by atoms with E-state index in [0.717, 1.165) is 18.5 Å². The average Bonchev–Trinajstić information content (AvgIpc) is 2.62. The van der Waals surface area contributed by atoms with Crippen molar-refractivity contribution in [1.29, 1.82) is 0 Å². The Balaban J connectivity index is 1.56. The fraction of sp³-hybridized carbons (Fsp3) is 0.444. The van der Waals surface area contributed by atoms with Crippen molar-refractivity contribution >= 4 is 5.95 Å². The van der Waals surface area contributed by atoms with Crippen LogP contribution in [0.15, 0.2) is 36.7 Å². The van der Waals surface area contributed by atoms with Crippen molar-refractivity contribution < 1.29 is 14.2 Å². The van der Waals surface area contributed by atoms with E-state index in [1.165, 1.54) is 12.1 Å². The number of aromatic nitrogens is 2. The number of halogens is 1. The van der Waals surface area contributed by atoms with Crippen LogP contribution >= 0.6 is 0 Å². The number of anilines is 1. The van der Waals surface area contributed by atoms with Crippen molar-refractivity contribution in [2.45, 2.75) is 25.0 Å². The minimum atomic E-state index is -0.918. The summed E-state index contributed by atoms with van der Waals surface area (Å²) in [5.74, 6) is 0.844. The molecule has 6 nitrogen and oxygen atoms in total. The second kappa shape index (κ2) is 7.76. The fourth-order valence-electron chi connectivity index (χ4n) is 3.03. The maximum Gasteiger partial charge on any atom is 0.222 e. The molecule has 134 valence electrons. The first-order valence-corrected chi connectivity index (χ1v) is 8.38. The predicted octanol–water partition coefficient (Wildman–Crippen LogP) is 2.06. The summed E-state index contributed by atoms with van der Waals surface area (Å²) in [5, 5.41) is 13.7. The highest BCUT2D eigenvalue weighted by Crippen LogP contribution is 2.24.